The maximum atomic E-state index is 9.36. The van der Waals surface area contributed by atoms with Crippen molar-refractivity contribution >= 4 is 0 Å². The second kappa shape index (κ2) is 9.86. The molecule has 3 heteroatoms. The highest BCUT2D eigenvalue weighted by atomic mass is 16.3. The molecule has 1 aliphatic rings. The van der Waals surface area contributed by atoms with Crippen molar-refractivity contribution in [2.45, 2.75) is 39.2 Å². The van der Waals surface area contributed by atoms with Gasteiger partial charge in [-0.1, -0.05) is 42.0 Å². The first-order chi connectivity index (χ1) is 11.2. The molecule has 23 heavy (non-hydrogen) atoms. The molecule has 1 saturated heterocycles. The minimum Gasteiger partial charge on any atom is -0.396 e. The van der Waals surface area contributed by atoms with Crippen molar-refractivity contribution in [2.75, 3.05) is 39.3 Å². The molecule has 0 radical (unpaired) electrons. The van der Waals surface area contributed by atoms with Crippen LogP contribution in [-0.2, 0) is 6.42 Å². The van der Waals surface area contributed by atoms with Gasteiger partial charge >= 0.3 is 0 Å². The third-order valence-corrected chi connectivity index (χ3v) is 4.67. The molecule has 0 unspecified atom stereocenters. The van der Waals surface area contributed by atoms with E-state index in [1.54, 1.807) is 0 Å². The molecule has 1 aromatic rings. The SMILES string of the molecule is CC(C)=CCN1CCN(CCCc2ccccc2)C[C@@H]1CCO. The molecule has 0 spiro atoms. The maximum absolute atomic E-state index is 9.36. The van der Waals surface area contributed by atoms with Crippen molar-refractivity contribution in [3.8, 4) is 0 Å². The molecule has 3 nitrogen and oxygen atoms in total. The zero-order chi connectivity index (χ0) is 16.5. The lowest BCUT2D eigenvalue weighted by atomic mass is 10.1. The summed E-state index contributed by atoms with van der Waals surface area (Å²) in [5.74, 6) is 0. The Morgan fingerprint density at radius 1 is 1.22 bits per heavy atom. The minimum absolute atomic E-state index is 0.286. The molecule has 0 amide bonds. The number of piperazine rings is 1. The lowest BCUT2D eigenvalue weighted by Gasteiger charge is -2.41. The van der Waals surface area contributed by atoms with E-state index >= 15 is 0 Å². The Morgan fingerprint density at radius 2 is 2.00 bits per heavy atom. The summed E-state index contributed by atoms with van der Waals surface area (Å²) in [5, 5.41) is 9.36. The summed E-state index contributed by atoms with van der Waals surface area (Å²) >= 11 is 0. The van der Waals surface area contributed by atoms with Gasteiger partial charge in [0.15, 0.2) is 0 Å². The number of rotatable bonds is 8. The Kier molecular flexibility index (Phi) is 7.80. The van der Waals surface area contributed by atoms with Crippen LogP contribution in [0.25, 0.3) is 0 Å². The largest absolute Gasteiger partial charge is 0.396 e. The first-order valence-electron chi connectivity index (χ1n) is 8.93. The zero-order valence-electron chi connectivity index (χ0n) is 14.7. The highest BCUT2D eigenvalue weighted by Gasteiger charge is 2.25. The Hall–Kier alpha value is -1.16. The number of aliphatic hydroxyl groups excluding tert-OH is 1. The molecular weight excluding hydrogens is 284 g/mol. The summed E-state index contributed by atoms with van der Waals surface area (Å²) in [5.41, 5.74) is 2.81. The standard InChI is InChI=1S/C20H32N2O/c1-18(2)10-13-22-15-14-21(17-20(22)11-16-23)12-6-9-19-7-4-3-5-8-19/h3-5,7-8,10,20,23H,6,9,11-17H2,1-2H3/t20-/m0/s1. The predicted octanol–water partition coefficient (Wildman–Crippen LogP) is 2.95. The van der Waals surface area contributed by atoms with Crippen LogP contribution < -0.4 is 0 Å². The van der Waals surface area contributed by atoms with Crippen molar-refractivity contribution in [1.29, 1.82) is 0 Å². The third kappa shape index (κ3) is 6.46. The third-order valence-electron chi connectivity index (χ3n) is 4.67. The van der Waals surface area contributed by atoms with Gasteiger partial charge in [0.05, 0.1) is 0 Å². The zero-order valence-corrected chi connectivity index (χ0v) is 14.7. The molecule has 1 aromatic carbocycles. The van der Waals surface area contributed by atoms with E-state index in [9.17, 15) is 5.11 Å². The molecule has 1 heterocycles. The number of aliphatic hydroxyl groups is 1. The summed E-state index contributed by atoms with van der Waals surface area (Å²) in [6, 6.07) is 11.2. The van der Waals surface area contributed by atoms with Crippen molar-refractivity contribution in [1.82, 2.24) is 9.80 Å². The van der Waals surface area contributed by atoms with Crippen LogP contribution in [0.2, 0.25) is 0 Å². The van der Waals surface area contributed by atoms with Gasteiger partial charge in [-0.05, 0) is 45.2 Å². The fraction of sp³-hybridized carbons (Fsp3) is 0.600. The Balaban J connectivity index is 1.78. The number of hydrogen-bond donors (Lipinski definition) is 1. The summed E-state index contributed by atoms with van der Waals surface area (Å²) in [7, 11) is 0. The van der Waals surface area contributed by atoms with Gasteiger partial charge in [0.2, 0.25) is 0 Å². The fourth-order valence-corrected chi connectivity index (χ4v) is 3.27. The van der Waals surface area contributed by atoms with Crippen LogP contribution in [0.4, 0.5) is 0 Å². The Labute approximate surface area is 141 Å². The predicted molar refractivity (Wildman–Crippen MR) is 97.7 cm³/mol. The molecule has 0 aromatic heterocycles. The number of allylic oxidation sites excluding steroid dienone is 1. The maximum Gasteiger partial charge on any atom is 0.0446 e. The van der Waals surface area contributed by atoms with Crippen LogP contribution in [0.1, 0.15) is 32.3 Å². The van der Waals surface area contributed by atoms with Crippen molar-refractivity contribution < 1.29 is 5.11 Å². The number of nitrogens with zero attached hydrogens (tertiary/aromatic N) is 2. The fourth-order valence-electron chi connectivity index (χ4n) is 3.27. The Morgan fingerprint density at radius 3 is 2.70 bits per heavy atom. The summed E-state index contributed by atoms with van der Waals surface area (Å²) in [6.45, 7) is 10.1. The second-order valence-electron chi connectivity index (χ2n) is 6.83. The molecule has 1 fully saturated rings. The van der Waals surface area contributed by atoms with E-state index in [0.29, 0.717) is 6.04 Å². The van der Waals surface area contributed by atoms with E-state index in [1.807, 2.05) is 0 Å². The topological polar surface area (TPSA) is 26.7 Å². The van der Waals surface area contributed by atoms with Gasteiger partial charge in [-0.15, -0.1) is 0 Å². The average Bonchev–Trinajstić information content (AvgIpc) is 2.55. The van der Waals surface area contributed by atoms with Crippen molar-refractivity contribution in [3.63, 3.8) is 0 Å². The van der Waals surface area contributed by atoms with Crippen molar-refractivity contribution in [2.24, 2.45) is 0 Å². The highest BCUT2D eigenvalue weighted by Crippen LogP contribution is 2.14. The van der Waals surface area contributed by atoms with Gasteiger partial charge in [0.25, 0.3) is 0 Å². The lowest BCUT2D eigenvalue weighted by Crippen LogP contribution is -2.53. The van der Waals surface area contributed by atoms with E-state index < -0.39 is 0 Å². The van der Waals surface area contributed by atoms with Crippen LogP contribution in [0, 0.1) is 0 Å². The smallest absolute Gasteiger partial charge is 0.0446 e. The van der Waals surface area contributed by atoms with Gasteiger partial charge in [0.1, 0.15) is 0 Å². The number of hydrogen-bond acceptors (Lipinski definition) is 3. The summed E-state index contributed by atoms with van der Waals surface area (Å²) < 4.78 is 0. The summed E-state index contributed by atoms with van der Waals surface area (Å²) in [4.78, 5) is 5.10. The van der Waals surface area contributed by atoms with Crippen LogP contribution >= 0.6 is 0 Å². The van der Waals surface area contributed by atoms with E-state index in [2.05, 4.69) is 60.1 Å². The average molecular weight is 316 g/mol. The van der Waals surface area contributed by atoms with Crippen LogP contribution in [0.5, 0.6) is 0 Å². The molecule has 1 aliphatic heterocycles. The Bertz CT molecular complexity index is 468. The van der Waals surface area contributed by atoms with Gasteiger partial charge in [-0.2, -0.15) is 0 Å². The normalized spacial score (nSPS) is 19.7. The molecule has 1 N–H and O–H groups in total. The summed E-state index contributed by atoms with van der Waals surface area (Å²) in [6.07, 6.45) is 5.55. The van der Waals surface area contributed by atoms with E-state index in [-0.39, 0.29) is 6.61 Å². The first-order valence-corrected chi connectivity index (χ1v) is 8.93. The van der Waals surface area contributed by atoms with Crippen LogP contribution in [-0.4, -0.2) is 60.3 Å². The van der Waals surface area contributed by atoms with E-state index in [1.165, 1.54) is 17.6 Å². The van der Waals surface area contributed by atoms with Gasteiger partial charge in [-0.25, -0.2) is 0 Å². The quantitative estimate of drug-likeness (QED) is 0.747. The molecule has 128 valence electrons. The van der Waals surface area contributed by atoms with Crippen molar-refractivity contribution in [3.05, 3.63) is 47.5 Å². The molecule has 0 saturated carbocycles. The minimum atomic E-state index is 0.286. The highest BCUT2D eigenvalue weighted by molar-refractivity contribution is 5.14. The van der Waals surface area contributed by atoms with Gasteiger partial charge in [0, 0.05) is 38.8 Å². The van der Waals surface area contributed by atoms with E-state index in [4.69, 9.17) is 0 Å². The lowest BCUT2D eigenvalue weighted by molar-refractivity contribution is 0.0672. The van der Waals surface area contributed by atoms with Gasteiger partial charge < -0.3 is 10.0 Å². The molecule has 1 atom stereocenters. The first kappa shape index (κ1) is 18.2. The molecule has 0 bridgehead atoms. The molecule has 0 aliphatic carbocycles. The van der Waals surface area contributed by atoms with E-state index in [0.717, 1.165) is 45.6 Å². The van der Waals surface area contributed by atoms with Crippen LogP contribution in [0.15, 0.2) is 42.0 Å². The van der Waals surface area contributed by atoms with Gasteiger partial charge in [-0.3, -0.25) is 4.90 Å². The monoisotopic (exact) mass is 316 g/mol. The second-order valence-corrected chi connectivity index (χ2v) is 6.83. The molecule has 2 rings (SSSR count). The number of benzene rings is 1. The van der Waals surface area contributed by atoms with Crippen LogP contribution in [0.3, 0.4) is 0 Å². The number of aryl methyl sites for hydroxylation is 1. The molecular formula is C20H32N2O.